The first-order valence-electron chi connectivity index (χ1n) is 4.45. The van der Waals surface area contributed by atoms with Gasteiger partial charge in [-0.15, -0.1) is 0 Å². The molecule has 0 aromatic carbocycles. The summed E-state index contributed by atoms with van der Waals surface area (Å²) in [7, 11) is -2.98. The minimum absolute atomic E-state index is 0.679. The van der Waals surface area contributed by atoms with E-state index in [2.05, 4.69) is 46.2 Å². The summed E-state index contributed by atoms with van der Waals surface area (Å²) in [6.07, 6.45) is -1.22. The monoisotopic (exact) mass is 221 g/mol. The second-order valence-electron chi connectivity index (χ2n) is 5.30. The summed E-state index contributed by atoms with van der Waals surface area (Å²) >= 11 is 0. The fourth-order valence-electron chi connectivity index (χ4n) is 1.68. The molecule has 0 saturated heterocycles. The van der Waals surface area contributed by atoms with Crippen molar-refractivity contribution in [1.82, 2.24) is 0 Å². The Hall–Kier alpha value is 0.664. The van der Waals surface area contributed by atoms with Crippen LogP contribution in [0.15, 0.2) is 0 Å². The minimum atomic E-state index is -1.90. The summed E-state index contributed by atoms with van der Waals surface area (Å²) in [6.45, 7) is 17.2. The summed E-state index contributed by atoms with van der Waals surface area (Å²) in [5, 5.41) is 0. The molecule has 12 heavy (non-hydrogen) atoms. The first-order valence-corrected chi connectivity index (χ1v) is 15.0. The molecule has 0 rings (SSSR count). The Labute approximate surface area is 79.0 Å². The molecule has 0 saturated carbocycles. The highest BCUT2D eigenvalue weighted by atomic mass is 31.6. The van der Waals surface area contributed by atoms with Crippen LogP contribution in [0, 0.1) is 6.92 Å². The number of rotatable bonds is 3. The highest BCUT2D eigenvalue weighted by Gasteiger charge is 2.46. The third-order valence-corrected chi connectivity index (χ3v) is 33.9. The van der Waals surface area contributed by atoms with E-state index in [9.17, 15) is 4.57 Å². The topological polar surface area (TPSA) is 17.1 Å². The molecule has 0 aliphatic rings. The largest absolute Gasteiger partial charge is 0.334 e. The molecule has 1 radical (unpaired) electrons. The van der Waals surface area contributed by atoms with Crippen LogP contribution < -0.4 is 0 Å². The average molecular weight is 221 g/mol. The smallest absolute Gasteiger partial charge is 0.113 e. The molecule has 73 valence electrons. The van der Waals surface area contributed by atoms with E-state index < -0.39 is 21.7 Å². The summed E-state index contributed by atoms with van der Waals surface area (Å²) < 4.78 is 12.7. The zero-order valence-corrected chi connectivity index (χ0v) is 12.2. The zero-order valence-electron chi connectivity index (χ0n) is 9.27. The molecule has 0 bridgehead atoms. The van der Waals surface area contributed by atoms with E-state index in [0.29, 0.717) is 6.16 Å². The Morgan fingerprint density at radius 1 is 1.00 bits per heavy atom. The lowest BCUT2D eigenvalue weighted by molar-refractivity contribution is 0.591. The van der Waals surface area contributed by atoms with Gasteiger partial charge in [-0.25, -0.2) is 0 Å². The second kappa shape index (κ2) is 3.43. The predicted octanol–water partition coefficient (Wildman–Crippen LogP) is 3.85. The summed E-state index contributed by atoms with van der Waals surface area (Å²) in [6, 6.07) is 0. The van der Waals surface area contributed by atoms with Gasteiger partial charge >= 0.3 is 0 Å². The van der Waals surface area contributed by atoms with Crippen molar-refractivity contribution >= 4 is 21.7 Å². The summed E-state index contributed by atoms with van der Waals surface area (Å²) in [4.78, 5) is 0. The maximum Gasteiger partial charge on any atom is 0.113 e. The third kappa shape index (κ3) is 2.12. The molecule has 0 aromatic rings. The molecule has 0 aliphatic heterocycles. The van der Waals surface area contributed by atoms with Gasteiger partial charge in [0.15, 0.2) is 0 Å². The summed E-state index contributed by atoms with van der Waals surface area (Å²) in [5.41, 5.74) is 0. The van der Waals surface area contributed by atoms with E-state index in [-0.39, 0.29) is 0 Å². The lowest BCUT2D eigenvalue weighted by Crippen LogP contribution is -2.36. The lowest BCUT2D eigenvalue weighted by Gasteiger charge is -2.38. The van der Waals surface area contributed by atoms with Gasteiger partial charge in [0.05, 0.1) is 6.24 Å². The van der Waals surface area contributed by atoms with Gasteiger partial charge in [-0.1, -0.05) is 39.3 Å². The molecule has 4 heteroatoms. The maximum absolute atomic E-state index is 12.7. The van der Waals surface area contributed by atoms with Crippen LogP contribution in [0.1, 0.15) is 0 Å². The van der Waals surface area contributed by atoms with Gasteiger partial charge in [-0.2, -0.15) is 0 Å². The Morgan fingerprint density at radius 3 is 1.25 bits per heavy atom. The molecule has 1 nitrogen and oxygen atoms in total. The second-order valence-corrected chi connectivity index (χ2v) is 29.6. The van der Waals surface area contributed by atoms with Gasteiger partial charge < -0.3 is 4.57 Å². The normalized spacial score (nSPS) is 14.9. The lowest BCUT2D eigenvalue weighted by atomic mass is 11.0. The SMILES string of the molecule is [CH2]CP(=O)([Si](C)(C)C)[Si](C)(C)C. The van der Waals surface area contributed by atoms with Crippen LogP contribution >= 0.6 is 6.24 Å². The van der Waals surface area contributed by atoms with E-state index in [1.807, 2.05) is 0 Å². The molecule has 0 unspecified atom stereocenters. The van der Waals surface area contributed by atoms with E-state index >= 15 is 0 Å². The van der Waals surface area contributed by atoms with Gasteiger partial charge in [0.1, 0.15) is 15.5 Å². The fourth-order valence-corrected chi connectivity index (χ4v) is 33.2. The maximum atomic E-state index is 12.7. The molecule has 0 N–H and O–H groups in total. The molecule has 0 aliphatic carbocycles. The molecule has 0 fully saturated rings. The van der Waals surface area contributed by atoms with Crippen LogP contribution in [0.25, 0.3) is 0 Å². The van der Waals surface area contributed by atoms with E-state index in [0.717, 1.165) is 0 Å². The standard InChI is InChI=1S/C8H22OPSi2/c1-8-10(9,11(2,3)4)12(5,6)7/h1,8H2,2-7H3. The highest BCUT2D eigenvalue weighted by molar-refractivity contribution is 8.22. The zero-order chi connectivity index (χ0) is 10.2. The molecule has 0 aromatic heterocycles. The molecular weight excluding hydrogens is 199 g/mol. The predicted molar refractivity (Wildman–Crippen MR) is 64.5 cm³/mol. The van der Waals surface area contributed by atoms with Crippen LogP contribution in [-0.2, 0) is 4.57 Å². The van der Waals surface area contributed by atoms with Crippen molar-refractivity contribution in [2.24, 2.45) is 0 Å². The van der Waals surface area contributed by atoms with Crippen molar-refractivity contribution in [3.63, 3.8) is 0 Å². The van der Waals surface area contributed by atoms with Crippen molar-refractivity contribution in [3.8, 4) is 0 Å². The van der Waals surface area contributed by atoms with Gasteiger partial charge in [0.25, 0.3) is 0 Å². The number of hydrogen-bond donors (Lipinski definition) is 0. The van der Waals surface area contributed by atoms with E-state index in [1.54, 1.807) is 0 Å². The number of hydrogen-bond acceptors (Lipinski definition) is 1. The highest BCUT2D eigenvalue weighted by Crippen LogP contribution is 2.61. The van der Waals surface area contributed by atoms with E-state index in [4.69, 9.17) is 0 Å². The fraction of sp³-hybridized carbons (Fsp3) is 0.875. The minimum Gasteiger partial charge on any atom is -0.334 e. The Balaban J connectivity index is 5.11. The molecular formula is C8H22OPSi2. The Morgan fingerprint density at radius 2 is 1.25 bits per heavy atom. The summed E-state index contributed by atoms with van der Waals surface area (Å²) in [5.74, 6) is 0. The van der Waals surface area contributed by atoms with E-state index in [1.165, 1.54) is 0 Å². The molecule has 0 spiro atoms. The van der Waals surface area contributed by atoms with Gasteiger partial charge in [-0.05, 0) is 13.1 Å². The first kappa shape index (κ1) is 12.7. The van der Waals surface area contributed by atoms with Crippen molar-refractivity contribution < 1.29 is 4.57 Å². The van der Waals surface area contributed by atoms with Gasteiger partial charge in [-0.3, -0.25) is 0 Å². The van der Waals surface area contributed by atoms with Crippen molar-refractivity contribution in [2.75, 3.05) is 6.16 Å². The van der Waals surface area contributed by atoms with Gasteiger partial charge in [0, 0.05) is 0 Å². The average Bonchev–Trinajstić information content (AvgIpc) is 1.81. The Bertz CT molecular complexity index is 182. The molecule has 0 amide bonds. The van der Waals surface area contributed by atoms with Crippen molar-refractivity contribution in [2.45, 2.75) is 39.3 Å². The van der Waals surface area contributed by atoms with Crippen LogP contribution in [0.5, 0.6) is 0 Å². The van der Waals surface area contributed by atoms with Crippen molar-refractivity contribution in [3.05, 3.63) is 6.92 Å². The van der Waals surface area contributed by atoms with Crippen LogP contribution in [0.2, 0.25) is 39.3 Å². The quantitative estimate of drug-likeness (QED) is 0.522. The molecule has 0 heterocycles. The van der Waals surface area contributed by atoms with Crippen LogP contribution in [0.4, 0.5) is 0 Å². The van der Waals surface area contributed by atoms with Crippen LogP contribution in [-0.4, -0.2) is 21.6 Å². The van der Waals surface area contributed by atoms with Crippen LogP contribution in [0.3, 0.4) is 0 Å². The molecule has 0 atom stereocenters. The third-order valence-electron chi connectivity index (χ3n) is 2.48. The first-order chi connectivity index (χ1) is 5.06. The Kier molecular flexibility index (Phi) is 3.62. The van der Waals surface area contributed by atoms with Crippen molar-refractivity contribution in [1.29, 1.82) is 0 Å². The van der Waals surface area contributed by atoms with Gasteiger partial charge in [0.2, 0.25) is 0 Å².